The molecule has 0 unspecified atom stereocenters. The lowest BCUT2D eigenvalue weighted by atomic mass is 10.0. The molecule has 0 amide bonds. The van der Waals surface area contributed by atoms with Crippen LogP contribution in [0.2, 0.25) is 0 Å². The normalized spacial score (nSPS) is 11.1. The molecule has 2 aromatic heterocycles. The molecular formula is C13H17N3S. The van der Waals surface area contributed by atoms with E-state index in [-0.39, 0.29) is 0 Å². The Morgan fingerprint density at radius 2 is 1.88 bits per heavy atom. The highest BCUT2D eigenvalue weighted by molar-refractivity contribution is 7.15. The van der Waals surface area contributed by atoms with Gasteiger partial charge in [-0.1, -0.05) is 13.8 Å². The minimum Gasteiger partial charge on any atom is -0.383 e. The zero-order chi connectivity index (χ0) is 12.6. The molecule has 0 radical (unpaired) electrons. The van der Waals surface area contributed by atoms with Gasteiger partial charge in [0.2, 0.25) is 0 Å². The van der Waals surface area contributed by atoms with E-state index in [0.29, 0.717) is 11.7 Å². The first-order chi connectivity index (χ1) is 7.99. The number of aromatic nitrogens is 2. The van der Waals surface area contributed by atoms with Crippen molar-refractivity contribution in [3.05, 3.63) is 28.3 Å². The van der Waals surface area contributed by atoms with Crippen LogP contribution in [0.25, 0.3) is 10.7 Å². The fraction of sp³-hybridized carbons (Fsp3) is 0.385. The third-order valence-electron chi connectivity index (χ3n) is 2.70. The van der Waals surface area contributed by atoms with Crippen LogP contribution in [0.1, 0.15) is 35.9 Å². The molecule has 0 spiro atoms. The number of nitrogen functional groups attached to an aromatic ring is 1. The fourth-order valence-electron chi connectivity index (χ4n) is 1.98. The zero-order valence-corrected chi connectivity index (χ0v) is 11.4. The number of hydrogen-bond donors (Lipinski definition) is 1. The summed E-state index contributed by atoms with van der Waals surface area (Å²) < 4.78 is 0. The van der Waals surface area contributed by atoms with Gasteiger partial charge >= 0.3 is 0 Å². The Morgan fingerprint density at radius 3 is 2.35 bits per heavy atom. The van der Waals surface area contributed by atoms with Crippen LogP contribution in [0.5, 0.6) is 0 Å². The van der Waals surface area contributed by atoms with Crippen molar-refractivity contribution in [1.29, 1.82) is 0 Å². The van der Waals surface area contributed by atoms with E-state index in [0.717, 1.165) is 22.0 Å². The molecule has 0 aromatic carbocycles. The summed E-state index contributed by atoms with van der Waals surface area (Å²) in [5.74, 6) is 1.70. The van der Waals surface area contributed by atoms with Gasteiger partial charge in [0, 0.05) is 16.1 Å². The van der Waals surface area contributed by atoms with Crippen LogP contribution in [0.4, 0.5) is 5.82 Å². The number of hydrogen-bond acceptors (Lipinski definition) is 4. The molecule has 0 aliphatic carbocycles. The second kappa shape index (κ2) is 4.45. The Labute approximate surface area is 106 Å². The molecule has 0 fully saturated rings. The van der Waals surface area contributed by atoms with Gasteiger partial charge in [-0.2, -0.15) is 0 Å². The Morgan fingerprint density at radius 1 is 1.18 bits per heavy atom. The van der Waals surface area contributed by atoms with Crippen molar-refractivity contribution in [3.8, 4) is 10.7 Å². The number of rotatable bonds is 2. The van der Waals surface area contributed by atoms with Crippen molar-refractivity contribution in [2.45, 2.75) is 33.6 Å². The van der Waals surface area contributed by atoms with Crippen molar-refractivity contribution >= 4 is 17.2 Å². The SMILES string of the molecule is Cc1ccc(-c2nc(C)c(C(C)C)c(N)n2)s1. The lowest BCUT2D eigenvalue weighted by Crippen LogP contribution is -2.06. The summed E-state index contributed by atoms with van der Waals surface area (Å²) in [4.78, 5) is 11.3. The van der Waals surface area contributed by atoms with E-state index in [1.54, 1.807) is 11.3 Å². The topological polar surface area (TPSA) is 51.8 Å². The first-order valence-electron chi connectivity index (χ1n) is 5.70. The summed E-state index contributed by atoms with van der Waals surface area (Å²) in [6, 6.07) is 4.12. The van der Waals surface area contributed by atoms with E-state index in [9.17, 15) is 0 Å². The van der Waals surface area contributed by atoms with Gasteiger partial charge in [-0.25, -0.2) is 9.97 Å². The third kappa shape index (κ3) is 2.31. The molecule has 0 saturated heterocycles. The van der Waals surface area contributed by atoms with Crippen LogP contribution < -0.4 is 5.73 Å². The third-order valence-corrected chi connectivity index (χ3v) is 3.70. The minimum absolute atomic E-state index is 0.356. The summed E-state index contributed by atoms with van der Waals surface area (Å²) in [6.07, 6.45) is 0. The smallest absolute Gasteiger partial charge is 0.171 e. The highest BCUT2D eigenvalue weighted by atomic mass is 32.1. The summed E-state index contributed by atoms with van der Waals surface area (Å²) in [5, 5.41) is 0. The second-order valence-corrected chi connectivity index (χ2v) is 5.78. The molecule has 0 bridgehead atoms. The molecule has 3 nitrogen and oxygen atoms in total. The summed E-state index contributed by atoms with van der Waals surface area (Å²) >= 11 is 1.69. The highest BCUT2D eigenvalue weighted by Gasteiger charge is 2.14. The number of thiophene rings is 1. The van der Waals surface area contributed by atoms with E-state index in [4.69, 9.17) is 5.73 Å². The molecular weight excluding hydrogens is 230 g/mol. The number of aryl methyl sites for hydroxylation is 2. The van der Waals surface area contributed by atoms with Crippen LogP contribution in [-0.4, -0.2) is 9.97 Å². The van der Waals surface area contributed by atoms with Gasteiger partial charge in [0.05, 0.1) is 4.88 Å². The average molecular weight is 247 g/mol. The lowest BCUT2D eigenvalue weighted by Gasteiger charge is -2.12. The molecule has 0 saturated carbocycles. The standard InChI is InChI=1S/C13H17N3S/c1-7(2)11-9(4)15-13(16-12(11)14)10-6-5-8(3)17-10/h5-7H,1-4H3,(H2,14,15,16). The Bertz CT molecular complexity index is 520. The molecule has 90 valence electrons. The predicted octanol–water partition coefficient (Wildman–Crippen LogP) is 3.53. The maximum Gasteiger partial charge on any atom is 0.171 e. The molecule has 17 heavy (non-hydrogen) atoms. The Hall–Kier alpha value is -1.42. The van der Waals surface area contributed by atoms with E-state index < -0.39 is 0 Å². The van der Waals surface area contributed by atoms with E-state index in [1.165, 1.54) is 4.88 Å². The van der Waals surface area contributed by atoms with Crippen LogP contribution in [0, 0.1) is 13.8 Å². The van der Waals surface area contributed by atoms with Crippen molar-refractivity contribution < 1.29 is 0 Å². The molecule has 2 rings (SSSR count). The summed E-state index contributed by atoms with van der Waals surface area (Å²) in [7, 11) is 0. The molecule has 0 aliphatic heterocycles. The zero-order valence-electron chi connectivity index (χ0n) is 10.6. The molecule has 0 atom stereocenters. The number of anilines is 1. The Kier molecular flexibility index (Phi) is 3.15. The molecule has 2 aromatic rings. The van der Waals surface area contributed by atoms with Gasteiger partial charge < -0.3 is 5.73 Å². The fourth-order valence-corrected chi connectivity index (χ4v) is 2.78. The maximum absolute atomic E-state index is 6.02. The maximum atomic E-state index is 6.02. The first-order valence-corrected chi connectivity index (χ1v) is 6.51. The Balaban J connectivity index is 2.52. The molecule has 2 N–H and O–H groups in total. The van der Waals surface area contributed by atoms with Crippen molar-refractivity contribution in [1.82, 2.24) is 9.97 Å². The predicted molar refractivity (Wildman–Crippen MR) is 73.3 cm³/mol. The quantitative estimate of drug-likeness (QED) is 0.883. The second-order valence-electron chi connectivity index (χ2n) is 4.50. The number of nitrogens with zero attached hydrogens (tertiary/aromatic N) is 2. The van der Waals surface area contributed by atoms with Crippen LogP contribution in [0.3, 0.4) is 0 Å². The molecule has 2 heterocycles. The van der Waals surface area contributed by atoms with Crippen LogP contribution >= 0.6 is 11.3 Å². The minimum atomic E-state index is 0.356. The monoisotopic (exact) mass is 247 g/mol. The van der Waals surface area contributed by atoms with Crippen LogP contribution in [0.15, 0.2) is 12.1 Å². The lowest BCUT2D eigenvalue weighted by molar-refractivity contribution is 0.836. The van der Waals surface area contributed by atoms with Gasteiger partial charge in [-0.3, -0.25) is 0 Å². The van der Waals surface area contributed by atoms with Crippen molar-refractivity contribution in [2.75, 3.05) is 5.73 Å². The molecule has 4 heteroatoms. The first kappa shape index (κ1) is 12.0. The van der Waals surface area contributed by atoms with E-state index in [2.05, 4.69) is 36.8 Å². The van der Waals surface area contributed by atoms with Crippen molar-refractivity contribution in [2.24, 2.45) is 0 Å². The van der Waals surface area contributed by atoms with E-state index in [1.807, 2.05) is 13.0 Å². The van der Waals surface area contributed by atoms with Gasteiger partial charge in [0.25, 0.3) is 0 Å². The largest absolute Gasteiger partial charge is 0.383 e. The summed E-state index contributed by atoms with van der Waals surface area (Å²) in [6.45, 7) is 8.29. The van der Waals surface area contributed by atoms with Gasteiger partial charge in [0.1, 0.15) is 5.82 Å². The number of nitrogens with two attached hydrogens (primary N) is 1. The molecule has 0 aliphatic rings. The van der Waals surface area contributed by atoms with Gasteiger partial charge in [0.15, 0.2) is 5.82 Å². The van der Waals surface area contributed by atoms with Gasteiger partial charge in [-0.05, 0) is 31.9 Å². The highest BCUT2D eigenvalue weighted by Crippen LogP contribution is 2.29. The van der Waals surface area contributed by atoms with Gasteiger partial charge in [-0.15, -0.1) is 11.3 Å². The van der Waals surface area contributed by atoms with Crippen molar-refractivity contribution in [3.63, 3.8) is 0 Å². The average Bonchev–Trinajstić information content (AvgIpc) is 2.63. The van der Waals surface area contributed by atoms with E-state index >= 15 is 0 Å². The van der Waals surface area contributed by atoms with Crippen LogP contribution in [-0.2, 0) is 0 Å². The summed E-state index contributed by atoms with van der Waals surface area (Å²) in [5.41, 5.74) is 8.06.